The molecule has 1 amide bonds. The Morgan fingerprint density at radius 3 is 2.39 bits per heavy atom. The molecule has 8 nitrogen and oxygen atoms in total. The van der Waals surface area contributed by atoms with Gasteiger partial charge in [0.15, 0.2) is 0 Å². The largest absolute Gasteiger partial charge is 0.497 e. The number of nitrogens with zero attached hydrogens (tertiary/aromatic N) is 3. The minimum Gasteiger partial charge on any atom is -0.497 e. The number of nitrogens with one attached hydrogen (secondary N) is 1. The molecule has 0 unspecified atom stereocenters. The number of aromatic nitrogens is 2. The molecule has 0 radical (unpaired) electrons. The van der Waals surface area contributed by atoms with E-state index in [9.17, 15) is 13.2 Å². The maximum Gasteiger partial charge on any atom is 0.264 e. The predicted octanol–water partition coefficient (Wildman–Crippen LogP) is 5.66. The number of rotatable bonds is 8. The van der Waals surface area contributed by atoms with Gasteiger partial charge in [-0.15, -0.1) is 10.2 Å². The number of halogens is 2. The first kappa shape index (κ1) is 25.9. The highest BCUT2D eigenvalue weighted by Crippen LogP contribution is 2.33. The standard InChI is InChI=1S/C24H20Cl2N4O4S2/c1-15-3-10-19(11-4-15)36(32,33)30(21-13-17(25)7-12-20(21)26)14-22(31)27-24-29-28-23(35-24)16-5-8-18(34-2)9-6-16/h3-13H,14H2,1-2H3,(H,27,29,31). The SMILES string of the molecule is COc1ccc(-c2nnc(NC(=O)CN(c3cc(Cl)ccc3Cl)S(=O)(=O)c3ccc(C)cc3)s2)cc1. The summed E-state index contributed by atoms with van der Waals surface area (Å²) in [6, 6.07) is 17.9. The Morgan fingerprint density at radius 2 is 1.72 bits per heavy atom. The molecule has 4 aromatic rings. The van der Waals surface area contributed by atoms with Crippen molar-refractivity contribution < 1.29 is 17.9 Å². The lowest BCUT2D eigenvalue weighted by atomic mass is 10.2. The Labute approximate surface area is 222 Å². The second-order valence-corrected chi connectivity index (χ2v) is 11.3. The molecule has 0 saturated carbocycles. The Hall–Kier alpha value is -3.18. The number of benzene rings is 3. The van der Waals surface area contributed by atoms with E-state index in [1.54, 1.807) is 31.4 Å². The average molecular weight is 563 g/mol. The molecule has 0 spiro atoms. The van der Waals surface area contributed by atoms with Gasteiger partial charge in [-0.3, -0.25) is 14.4 Å². The summed E-state index contributed by atoms with van der Waals surface area (Å²) < 4.78 is 33.2. The van der Waals surface area contributed by atoms with Crippen molar-refractivity contribution in [3.63, 3.8) is 0 Å². The van der Waals surface area contributed by atoms with Gasteiger partial charge in [-0.1, -0.05) is 52.2 Å². The fraction of sp³-hybridized carbons (Fsp3) is 0.125. The summed E-state index contributed by atoms with van der Waals surface area (Å²) in [5, 5.41) is 11.9. The van der Waals surface area contributed by atoms with Gasteiger partial charge < -0.3 is 4.74 Å². The van der Waals surface area contributed by atoms with Crippen LogP contribution < -0.4 is 14.4 Å². The number of hydrogen-bond acceptors (Lipinski definition) is 7. The van der Waals surface area contributed by atoms with Crippen LogP contribution in [0.1, 0.15) is 5.56 Å². The number of aryl methyl sites for hydroxylation is 1. The molecule has 0 aliphatic heterocycles. The van der Waals surface area contributed by atoms with Gasteiger partial charge in [-0.25, -0.2) is 8.42 Å². The van der Waals surface area contributed by atoms with Gasteiger partial charge >= 0.3 is 0 Å². The van der Waals surface area contributed by atoms with Crippen molar-refractivity contribution in [2.45, 2.75) is 11.8 Å². The molecular formula is C24H20Cl2N4O4S2. The van der Waals surface area contributed by atoms with Gasteiger partial charge in [0.25, 0.3) is 10.0 Å². The molecule has 3 aromatic carbocycles. The van der Waals surface area contributed by atoms with Crippen LogP contribution in [0.3, 0.4) is 0 Å². The van der Waals surface area contributed by atoms with Gasteiger partial charge in [-0.05, 0) is 61.5 Å². The van der Waals surface area contributed by atoms with Crippen LogP contribution in [0, 0.1) is 6.92 Å². The van der Waals surface area contributed by atoms with Gasteiger partial charge in [-0.2, -0.15) is 0 Å². The maximum absolute atomic E-state index is 13.5. The van der Waals surface area contributed by atoms with Crippen molar-refractivity contribution in [3.05, 3.63) is 82.3 Å². The molecule has 0 bridgehead atoms. The zero-order valence-electron chi connectivity index (χ0n) is 19.1. The molecule has 186 valence electrons. The van der Waals surface area contributed by atoms with Crippen molar-refractivity contribution >= 4 is 61.3 Å². The highest BCUT2D eigenvalue weighted by Gasteiger charge is 2.29. The first-order valence-corrected chi connectivity index (χ1v) is 13.5. The summed E-state index contributed by atoms with van der Waals surface area (Å²) in [7, 11) is -2.58. The molecule has 1 N–H and O–H groups in total. The fourth-order valence-corrected chi connectivity index (χ4v) is 5.86. The van der Waals surface area contributed by atoms with Gasteiger partial charge in [0.2, 0.25) is 11.0 Å². The van der Waals surface area contributed by atoms with Crippen LogP contribution in [0.25, 0.3) is 10.6 Å². The quantitative estimate of drug-likeness (QED) is 0.297. The minimum atomic E-state index is -4.16. The summed E-state index contributed by atoms with van der Waals surface area (Å²) in [6.45, 7) is 1.28. The molecule has 4 rings (SSSR count). The molecule has 1 heterocycles. The minimum absolute atomic E-state index is 0.00893. The first-order chi connectivity index (χ1) is 17.2. The van der Waals surface area contributed by atoms with Crippen molar-refractivity contribution in [2.24, 2.45) is 0 Å². The Balaban J connectivity index is 1.60. The van der Waals surface area contributed by atoms with Crippen molar-refractivity contribution in [2.75, 3.05) is 23.3 Å². The summed E-state index contributed by atoms with van der Waals surface area (Å²) in [6.07, 6.45) is 0. The van der Waals surface area contributed by atoms with Crippen LogP contribution in [-0.2, 0) is 14.8 Å². The first-order valence-electron chi connectivity index (χ1n) is 10.5. The monoisotopic (exact) mass is 562 g/mol. The number of amides is 1. The number of carbonyl (C=O) groups is 1. The van der Waals surface area contributed by atoms with E-state index in [-0.39, 0.29) is 25.8 Å². The van der Waals surface area contributed by atoms with Gasteiger partial charge in [0.05, 0.1) is 22.7 Å². The molecule has 0 atom stereocenters. The lowest BCUT2D eigenvalue weighted by Gasteiger charge is -2.25. The highest BCUT2D eigenvalue weighted by molar-refractivity contribution is 7.92. The summed E-state index contributed by atoms with van der Waals surface area (Å²) in [4.78, 5) is 13.0. The smallest absolute Gasteiger partial charge is 0.264 e. The Morgan fingerprint density at radius 1 is 1.03 bits per heavy atom. The zero-order chi connectivity index (χ0) is 25.9. The van der Waals surface area contributed by atoms with Crippen molar-refractivity contribution in [1.29, 1.82) is 0 Å². The molecule has 12 heteroatoms. The highest BCUT2D eigenvalue weighted by atomic mass is 35.5. The van der Waals surface area contributed by atoms with Crippen LogP contribution in [0.5, 0.6) is 5.75 Å². The van der Waals surface area contributed by atoms with Crippen LogP contribution in [-0.4, -0.2) is 38.2 Å². The van der Waals surface area contributed by atoms with Gasteiger partial charge in [0, 0.05) is 10.6 Å². The second-order valence-electron chi connectivity index (χ2n) is 7.61. The Kier molecular flexibility index (Phi) is 7.79. The third kappa shape index (κ3) is 5.79. The molecule has 0 aliphatic carbocycles. The number of sulfonamides is 1. The van der Waals surface area contributed by atoms with Crippen LogP contribution in [0.15, 0.2) is 71.6 Å². The number of hydrogen-bond donors (Lipinski definition) is 1. The second kappa shape index (κ2) is 10.8. The molecule has 36 heavy (non-hydrogen) atoms. The normalized spacial score (nSPS) is 11.2. The number of anilines is 2. The molecular weight excluding hydrogens is 543 g/mol. The summed E-state index contributed by atoms with van der Waals surface area (Å²) in [5.41, 5.74) is 1.77. The van der Waals surface area contributed by atoms with Crippen LogP contribution in [0.4, 0.5) is 10.8 Å². The Bertz CT molecular complexity index is 1490. The van der Waals surface area contributed by atoms with E-state index in [4.69, 9.17) is 27.9 Å². The number of carbonyl (C=O) groups excluding carboxylic acids is 1. The maximum atomic E-state index is 13.5. The predicted molar refractivity (Wildman–Crippen MR) is 143 cm³/mol. The van der Waals surface area contributed by atoms with E-state index in [0.29, 0.717) is 10.8 Å². The average Bonchev–Trinajstić information content (AvgIpc) is 3.32. The van der Waals surface area contributed by atoms with E-state index in [1.165, 1.54) is 30.3 Å². The topological polar surface area (TPSA) is 101 Å². The third-order valence-corrected chi connectivity index (χ3v) is 8.30. The molecule has 0 fully saturated rings. The van der Waals surface area contributed by atoms with E-state index >= 15 is 0 Å². The van der Waals surface area contributed by atoms with E-state index in [1.807, 2.05) is 19.1 Å². The number of methoxy groups -OCH3 is 1. The fourth-order valence-electron chi connectivity index (χ4n) is 3.23. The third-order valence-electron chi connectivity index (χ3n) is 5.08. The van der Waals surface area contributed by atoms with E-state index in [0.717, 1.165) is 26.8 Å². The summed E-state index contributed by atoms with van der Waals surface area (Å²) >= 11 is 13.6. The molecule has 1 aromatic heterocycles. The number of ether oxygens (including phenoxy) is 1. The molecule has 0 saturated heterocycles. The lowest BCUT2D eigenvalue weighted by molar-refractivity contribution is -0.114. The summed E-state index contributed by atoms with van der Waals surface area (Å²) in [5.74, 6) is 0.0745. The van der Waals surface area contributed by atoms with E-state index < -0.39 is 22.5 Å². The zero-order valence-corrected chi connectivity index (χ0v) is 22.2. The van der Waals surface area contributed by atoms with Gasteiger partial charge in [0.1, 0.15) is 17.3 Å². The molecule has 0 aliphatic rings. The van der Waals surface area contributed by atoms with Crippen LogP contribution >= 0.6 is 34.5 Å². The van der Waals surface area contributed by atoms with Crippen molar-refractivity contribution in [1.82, 2.24) is 10.2 Å². The van der Waals surface area contributed by atoms with Crippen LogP contribution in [0.2, 0.25) is 10.0 Å². The lowest BCUT2D eigenvalue weighted by Crippen LogP contribution is -2.38. The van der Waals surface area contributed by atoms with Crippen molar-refractivity contribution in [3.8, 4) is 16.3 Å². The van der Waals surface area contributed by atoms with E-state index in [2.05, 4.69) is 15.5 Å².